The SMILES string of the molecule is Cl.N#Cc1cc(F)c(NC2CCCC(N)C2)nc1Cl. The lowest BCUT2D eigenvalue weighted by molar-refractivity contribution is 0.407. The third-order valence-corrected chi connectivity index (χ3v) is 3.39. The molecular weight excluding hydrogens is 290 g/mol. The average molecular weight is 305 g/mol. The number of halogens is 3. The Balaban J connectivity index is 0.00000180. The van der Waals surface area contributed by atoms with Gasteiger partial charge >= 0.3 is 0 Å². The molecule has 19 heavy (non-hydrogen) atoms. The van der Waals surface area contributed by atoms with Gasteiger partial charge in [0.2, 0.25) is 0 Å². The van der Waals surface area contributed by atoms with Crippen LogP contribution in [0.3, 0.4) is 0 Å². The van der Waals surface area contributed by atoms with E-state index in [2.05, 4.69) is 10.3 Å². The predicted molar refractivity (Wildman–Crippen MR) is 75.0 cm³/mol. The van der Waals surface area contributed by atoms with Crippen molar-refractivity contribution in [1.29, 1.82) is 5.26 Å². The summed E-state index contributed by atoms with van der Waals surface area (Å²) in [4.78, 5) is 3.88. The summed E-state index contributed by atoms with van der Waals surface area (Å²) in [6.45, 7) is 0. The van der Waals surface area contributed by atoms with Gasteiger partial charge in [-0.1, -0.05) is 11.6 Å². The molecule has 3 N–H and O–H groups in total. The number of hydrogen-bond acceptors (Lipinski definition) is 4. The van der Waals surface area contributed by atoms with Gasteiger partial charge in [-0.05, 0) is 31.7 Å². The van der Waals surface area contributed by atoms with Crippen LogP contribution < -0.4 is 11.1 Å². The largest absolute Gasteiger partial charge is 0.365 e. The molecule has 2 rings (SSSR count). The number of rotatable bonds is 2. The third-order valence-electron chi connectivity index (χ3n) is 3.11. The van der Waals surface area contributed by atoms with Gasteiger partial charge in [-0.3, -0.25) is 0 Å². The van der Waals surface area contributed by atoms with E-state index in [-0.39, 0.29) is 41.0 Å². The van der Waals surface area contributed by atoms with E-state index in [0.717, 1.165) is 31.7 Å². The first-order chi connectivity index (χ1) is 8.60. The van der Waals surface area contributed by atoms with Crippen molar-refractivity contribution in [1.82, 2.24) is 4.98 Å². The van der Waals surface area contributed by atoms with Crippen molar-refractivity contribution in [2.45, 2.75) is 37.8 Å². The number of nitrogens with zero attached hydrogens (tertiary/aromatic N) is 2. The Bertz CT molecular complexity index is 489. The van der Waals surface area contributed by atoms with Gasteiger partial charge in [0.1, 0.15) is 11.2 Å². The van der Waals surface area contributed by atoms with Crippen molar-refractivity contribution < 1.29 is 4.39 Å². The Morgan fingerprint density at radius 3 is 2.89 bits per heavy atom. The fraction of sp³-hybridized carbons (Fsp3) is 0.500. The first-order valence-corrected chi connectivity index (χ1v) is 6.26. The van der Waals surface area contributed by atoms with E-state index in [1.807, 2.05) is 0 Å². The van der Waals surface area contributed by atoms with Crippen LogP contribution in [0.25, 0.3) is 0 Å². The van der Waals surface area contributed by atoms with E-state index in [1.54, 1.807) is 6.07 Å². The van der Waals surface area contributed by atoms with Gasteiger partial charge in [0.05, 0.1) is 5.56 Å². The Hall–Kier alpha value is -1.09. The second-order valence-corrected chi connectivity index (χ2v) is 4.89. The molecular formula is C12H15Cl2FN4. The van der Waals surface area contributed by atoms with E-state index >= 15 is 0 Å². The van der Waals surface area contributed by atoms with E-state index in [0.29, 0.717) is 0 Å². The van der Waals surface area contributed by atoms with Gasteiger partial charge < -0.3 is 11.1 Å². The van der Waals surface area contributed by atoms with Crippen molar-refractivity contribution in [2.75, 3.05) is 5.32 Å². The van der Waals surface area contributed by atoms with E-state index < -0.39 is 5.82 Å². The predicted octanol–water partition coefficient (Wildman–Crippen LogP) is 2.85. The topological polar surface area (TPSA) is 74.7 Å². The minimum absolute atomic E-state index is 0. The highest BCUT2D eigenvalue weighted by Gasteiger charge is 2.21. The molecule has 1 fully saturated rings. The molecule has 4 nitrogen and oxygen atoms in total. The Labute approximate surface area is 122 Å². The molecule has 1 aliphatic carbocycles. The summed E-state index contributed by atoms with van der Waals surface area (Å²) in [6.07, 6.45) is 3.75. The summed E-state index contributed by atoms with van der Waals surface area (Å²) >= 11 is 5.78. The maximum atomic E-state index is 13.7. The van der Waals surface area contributed by atoms with Gasteiger partial charge in [0.15, 0.2) is 11.6 Å². The zero-order valence-corrected chi connectivity index (χ0v) is 11.8. The number of nitriles is 1. The average Bonchev–Trinajstić information content (AvgIpc) is 2.33. The molecule has 104 valence electrons. The molecule has 0 amide bonds. The molecule has 0 bridgehead atoms. The molecule has 1 aromatic rings. The van der Waals surface area contributed by atoms with Crippen LogP contribution in [0.5, 0.6) is 0 Å². The lowest BCUT2D eigenvalue weighted by Crippen LogP contribution is -2.35. The first-order valence-electron chi connectivity index (χ1n) is 5.88. The summed E-state index contributed by atoms with van der Waals surface area (Å²) < 4.78 is 13.7. The summed E-state index contributed by atoms with van der Waals surface area (Å²) in [6, 6.07) is 3.15. The smallest absolute Gasteiger partial charge is 0.166 e. The summed E-state index contributed by atoms with van der Waals surface area (Å²) in [7, 11) is 0. The van der Waals surface area contributed by atoms with E-state index in [1.165, 1.54) is 0 Å². The molecule has 1 aliphatic rings. The highest BCUT2D eigenvalue weighted by Crippen LogP contribution is 2.24. The highest BCUT2D eigenvalue weighted by molar-refractivity contribution is 6.30. The van der Waals surface area contributed by atoms with Gasteiger partial charge in [0, 0.05) is 12.1 Å². The van der Waals surface area contributed by atoms with Crippen LogP contribution in [0.1, 0.15) is 31.2 Å². The van der Waals surface area contributed by atoms with Crippen molar-refractivity contribution in [2.24, 2.45) is 5.73 Å². The van der Waals surface area contributed by atoms with Gasteiger partial charge in [-0.15, -0.1) is 12.4 Å². The number of anilines is 1. The number of nitrogens with one attached hydrogen (secondary N) is 1. The fourth-order valence-electron chi connectivity index (χ4n) is 2.20. The number of pyridine rings is 1. The summed E-state index contributed by atoms with van der Waals surface area (Å²) in [5, 5.41) is 11.7. The van der Waals surface area contributed by atoms with Gasteiger partial charge in [-0.2, -0.15) is 5.26 Å². The highest BCUT2D eigenvalue weighted by atomic mass is 35.5. The monoisotopic (exact) mass is 304 g/mol. The minimum atomic E-state index is -0.560. The number of nitrogens with two attached hydrogens (primary N) is 1. The molecule has 2 atom stereocenters. The normalized spacial score (nSPS) is 22.2. The molecule has 0 aliphatic heterocycles. The Kier molecular flexibility index (Phi) is 5.80. The van der Waals surface area contributed by atoms with Crippen LogP contribution in [-0.4, -0.2) is 17.1 Å². The standard InChI is InChI=1S/C12H14ClFN4.ClH/c13-11-7(6-15)4-10(14)12(18-11)17-9-3-1-2-8(16)5-9;/h4,8-9H,1-3,5,16H2,(H,17,18);1H. The first kappa shape index (κ1) is 16.0. The molecule has 7 heteroatoms. The summed E-state index contributed by atoms with van der Waals surface area (Å²) in [5.41, 5.74) is 5.91. The third kappa shape index (κ3) is 3.93. The number of hydrogen-bond donors (Lipinski definition) is 2. The van der Waals surface area contributed by atoms with Crippen molar-refractivity contribution in [3.05, 3.63) is 22.6 Å². The maximum Gasteiger partial charge on any atom is 0.166 e. The lowest BCUT2D eigenvalue weighted by atomic mass is 9.91. The van der Waals surface area contributed by atoms with Crippen LogP contribution in [0.2, 0.25) is 5.15 Å². The van der Waals surface area contributed by atoms with Gasteiger partial charge in [0.25, 0.3) is 0 Å². The molecule has 1 saturated carbocycles. The summed E-state index contributed by atoms with van der Waals surface area (Å²) in [5.74, 6) is -0.465. The van der Waals surface area contributed by atoms with E-state index in [9.17, 15) is 4.39 Å². The zero-order valence-electron chi connectivity index (χ0n) is 10.2. The molecule has 0 spiro atoms. The van der Waals surface area contributed by atoms with Crippen molar-refractivity contribution in [3.63, 3.8) is 0 Å². The van der Waals surface area contributed by atoms with Gasteiger partial charge in [-0.25, -0.2) is 9.37 Å². The van der Waals surface area contributed by atoms with Crippen LogP contribution in [0, 0.1) is 17.1 Å². The van der Waals surface area contributed by atoms with Crippen LogP contribution in [0.15, 0.2) is 6.07 Å². The van der Waals surface area contributed by atoms with Crippen molar-refractivity contribution in [3.8, 4) is 6.07 Å². The second-order valence-electron chi connectivity index (χ2n) is 4.54. The molecule has 2 unspecified atom stereocenters. The van der Waals surface area contributed by atoms with Crippen LogP contribution in [-0.2, 0) is 0 Å². The molecule has 0 aromatic carbocycles. The quantitative estimate of drug-likeness (QED) is 0.824. The van der Waals surface area contributed by atoms with E-state index in [4.69, 9.17) is 22.6 Å². The Morgan fingerprint density at radius 2 is 2.26 bits per heavy atom. The second kappa shape index (κ2) is 6.90. The molecule has 0 saturated heterocycles. The maximum absolute atomic E-state index is 13.7. The molecule has 0 radical (unpaired) electrons. The number of aromatic nitrogens is 1. The lowest BCUT2D eigenvalue weighted by Gasteiger charge is -2.27. The molecule has 1 aromatic heterocycles. The molecule has 1 heterocycles. The Morgan fingerprint density at radius 1 is 1.53 bits per heavy atom. The van der Waals surface area contributed by atoms with Crippen LogP contribution >= 0.6 is 24.0 Å². The van der Waals surface area contributed by atoms with Crippen LogP contribution in [0.4, 0.5) is 10.2 Å². The van der Waals surface area contributed by atoms with Crippen molar-refractivity contribution >= 4 is 29.8 Å². The fourth-order valence-corrected chi connectivity index (χ4v) is 2.38. The minimum Gasteiger partial charge on any atom is -0.365 e. The zero-order chi connectivity index (χ0) is 13.1.